The van der Waals surface area contributed by atoms with Crippen molar-refractivity contribution in [2.45, 2.75) is 19.7 Å². The normalized spacial score (nSPS) is 9.27. The molecule has 1 aromatic carbocycles. The first-order valence-corrected chi connectivity index (χ1v) is 5.19. The van der Waals surface area contributed by atoms with Crippen molar-refractivity contribution < 1.29 is 14.6 Å². The molecule has 15 heavy (non-hydrogen) atoms. The second-order valence-corrected chi connectivity index (χ2v) is 3.47. The fraction of sp³-hybridized carbons (Fsp3) is 0.364. The van der Waals surface area contributed by atoms with Crippen LogP contribution in [0.15, 0.2) is 12.1 Å². The van der Waals surface area contributed by atoms with Crippen LogP contribution in [0.4, 0.5) is 0 Å². The number of phenols is 1. The first-order valence-electron chi connectivity index (χ1n) is 4.07. The second kappa shape index (κ2) is 5.75. The molecule has 0 amide bonds. The highest BCUT2D eigenvalue weighted by Gasteiger charge is 2.13. The Balaban J connectivity index is 0.00000196. The number of rotatable bonds is 2. The number of carbonyl (C=O) groups is 1. The maximum atomic E-state index is 11.3. The van der Waals surface area contributed by atoms with Crippen molar-refractivity contribution in [2.24, 2.45) is 0 Å². The van der Waals surface area contributed by atoms with Gasteiger partial charge < -0.3 is 9.84 Å². The van der Waals surface area contributed by atoms with Gasteiger partial charge in [-0.05, 0) is 24.6 Å². The Morgan fingerprint density at radius 1 is 1.53 bits per heavy atom. The van der Waals surface area contributed by atoms with Crippen molar-refractivity contribution in [3.05, 3.63) is 28.8 Å². The molecule has 0 radical (unpaired) electrons. The molecule has 0 heterocycles. The number of carbonyl (C=O) groups excluding carboxylic acids is 1. The number of phenolic OH excluding ortho intramolecular Hbond substituents is 1. The van der Waals surface area contributed by atoms with Gasteiger partial charge in [0.15, 0.2) is 0 Å². The van der Waals surface area contributed by atoms with E-state index < -0.39 is 5.97 Å². The van der Waals surface area contributed by atoms with Gasteiger partial charge in [-0.1, -0.05) is 23.4 Å². The molecule has 0 unspecified atom stereocenters. The van der Waals surface area contributed by atoms with E-state index in [-0.39, 0.29) is 13.2 Å². The highest BCUT2D eigenvalue weighted by molar-refractivity contribution is 9.08. The molecule has 1 aromatic rings. The van der Waals surface area contributed by atoms with E-state index in [0.717, 1.165) is 5.56 Å². The summed E-state index contributed by atoms with van der Waals surface area (Å²) in [5.41, 5.74) is 1.79. The Morgan fingerprint density at radius 2 is 2.13 bits per heavy atom. The largest absolute Gasteiger partial charge is 0.508 e. The Morgan fingerprint density at radius 3 is 2.60 bits per heavy atom. The molecule has 0 saturated heterocycles. The fourth-order valence-electron chi connectivity index (χ4n) is 1.16. The molecule has 0 fully saturated rings. The summed E-state index contributed by atoms with van der Waals surface area (Å²) in [6, 6.07) is 3.33. The van der Waals surface area contributed by atoms with Gasteiger partial charge in [0, 0.05) is 10.9 Å². The zero-order valence-electron chi connectivity index (χ0n) is 8.00. The summed E-state index contributed by atoms with van der Waals surface area (Å²) in [6.45, 7) is 1.68. The zero-order chi connectivity index (χ0) is 10.7. The maximum absolute atomic E-state index is 11.3. The highest BCUT2D eigenvalue weighted by Crippen LogP contribution is 2.24. The quantitative estimate of drug-likeness (QED) is 0.666. The van der Waals surface area contributed by atoms with E-state index in [0.29, 0.717) is 16.5 Å². The van der Waals surface area contributed by atoms with Crippen molar-refractivity contribution >= 4 is 21.9 Å². The lowest BCUT2D eigenvalue weighted by molar-refractivity contribution is 0.0599. The van der Waals surface area contributed by atoms with Crippen LogP contribution in [0, 0.1) is 6.92 Å². The van der Waals surface area contributed by atoms with Gasteiger partial charge in [0.2, 0.25) is 0 Å². The van der Waals surface area contributed by atoms with Crippen LogP contribution in [0.5, 0.6) is 5.75 Å². The first kappa shape index (κ1) is 14.0. The third-order valence-electron chi connectivity index (χ3n) is 2.00. The van der Waals surface area contributed by atoms with Crippen LogP contribution >= 0.6 is 15.9 Å². The SMILES string of the molecule is C.COC(=O)c1cc(CBr)cc(O)c1C. The lowest BCUT2D eigenvalue weighted by Gasteiger charge is -2.07. The van der Waals surface area contributed by atoms with E-state index in [1.165, 1.54) is 7.11 Å². The predicted molar refractivity (Wildman–Crippen MR) is 63.5 cm³/mol. The summed E-state index contributed by atoms with van der Waals surface area (Å²) < 4.78 is 4.61. The van der Waals surface area contributed by atoms with Gasteiger partial charge in [0.25, 0.3) is 0 Å². The molecular formula is C11H15BrO3. The molecule has 0 aliphatic rings. The van der Waals surface area contributed by atoms with Crippen molar-refractivity contribution in [3.63, 3.8) is 0 Å². The van der Waals surface area contributed by atoms with Crippen LogP contribution < -0.4 is 0 Å². The molecule has 1 N–H and O–H groups in total. The Labute approximate surface area is 98.2 Å². The Bertz CT molecular complexity index is 361. The van der Waals surface area contributed by atoms with E-state index in [2.05, 4.69) is 20.7 Å². The van der Waals surface area contributed by atoms with Crippen LogP contribution in [-0.4, -0.2) is 18.2 Å². The van der Waals surface area contributed by atoms with E-state index in [4.69, 9.17) is 0 Å². The summed E-state index contributed by atoms with van der Waals surface area (Å²) in [7, 11) is 1.32. The number of ether oxygens (including phenoxy) is 1. The molecule has 0 atom stereocenters. The molecule has 0 aliphatic heterocycles. The average Bonchev–Trinajstić information content (AvgIpc) is 2.20. The molecule has 0 spiro atoms. The van der Waals surface area contributed by atoms with Gasteiger partial charge in [0.05, 0.1) is 12.7 Å². The topological polar surface area (TPSA) is 46.5 Å². The number of hydrogen-bond donors (Lipinski definition) is 1. The van der Waals surface area contributed by atoms with E-state index in [1.807, 2.05) is 0 Å². The number of hydrogen-bond acceptors (Lipinski definition) is 3. The third kappa shape index (κ3) is 2.96. The molecule has 0 saturated carbocycles. The van der Waals surface area contributed by atoms with Gasteiger partial charge in [-0.15, -0.1) is 0 Å². The van der Waals surface area contributed by atoms with Crippen molar-refractivity contribution in [1.82, 2.24) is 0 Å². The molecule has 1 rings (SSSR count). The van der Waals surface area contributed by atoms with Crippen LogP contribution in [0.3, 0.4) is 0 Å². The Hall–Kier alpha value is -1.03. The third-order valence-corrected chi connectivity index (χ3v) is 2.65. The van der Waals surface area contributed by atoms with E-state index in [9.17, 15) is 9.90 Å². The zero-order valence-corrected chi connectivity index (χ0v) is 9.59. The minimum atomic E-state index is -0.430. The molecule has 84 valence electrons. The summed E-state index contributed by atoms with van der Waals surface area (Å²) >= 11 is 3.26. The summed E-state index contributed by atoms with van der Waals surface area (Å²) in [5, 5.41) is 10.1. The number of alkyl halides is 1. The monoisotopic (exact) mass is 274 g/mol. The van der Waals surface area contributed by atoms with Crippen LogP contribution in [-0.2, 0) is 10.1 Å². The van der Waals surface area contributed by atoms with Crippen LogP contribution in [0.1, 0.15) is 28.9 Å². The molecule has 4 heteroatoms. The maximum Gasteiger partial charge on any atom is 0.338 e. The molecule has 0 bridgehead atoms. The van der Waals surface area contributed by atoms with Crippen LogP contribution in [0.2, 0.25) is 0 Å². The standard InChI is InChI=1S/C10H11BrO3.CH4/c1-6-8(10(13)14-2)3-7(5-11)4-9(6)12;/h3-4,12H,5H2,1-2H3;1H4. The van der Waals surface area contributed by atoms with Crippen molar-refractivity contribution in [2.75, 3.05) is 7.11 Å². The van der Waals surface area contributed by atoms with Gasteiger partial charge >= 0.3 is 5.97 Å². The highest BCUT2D eigenvalue weighted by atomic mass is 79.9. The van der Waals surface area contributed by atoms with Gasteiger partial charge in [-0.3, -0.25) is 0 Å². The van der Waals surface area contributed by atoms with Crippen molar-refractivity contribution in [1.29, 1.82) is 0 Å². The average molecular weight is 275 g/mol. The molecule has 3 nitrogen and oxygen atoms in total. The lowest BCUT2D eigenvalue weighted by atomic mass is 10.0. The summed E-state index contributed by atoms with van der Waals surface area (Å²) in [4.78, 5) is 11.3. The fourth-order valence-corrected chi connectivity index (χ4v) is 1.48. The van der Waals surface area contributed by atoms with Gasteiger partial charge in [-0.2, -0.15) is 0 Å². The number of esters is 1. The van der Waals surface area contributed by atoms with Crippen molar-refractivity contribution in [3.8, 4) is 5.75 Å². The lowest BCUT2D eigenvalue weighted by Crippen LogP contribution is -2.04. The van der Waals surface area contributed by atoms with Gasteiger partial charge in [0.1, 0.15) is 5.75 Å². The van der Waals surface area contributed by atoms with Crippen LogP contribution in [0.25, 0.3) is 0 Å². The van der Waals surface area contributed by atoms with Gasteiger partial charge in [-0.25, -0.2) is 4.79 Å². The minimum Gasteiger partial charge on any atom is -0.508 e. The summed E-state index contributed by atoms with van der Waals surface area (Å²) in [5.74, 6) is -0.317. The molecule has 0 aromatic heterocycles. The van der Waals surface area contributed by atoms with E-state index >= 15 is 0 Å². The Kier molecular flexibility index (Phi) is 5.36. The number of halogens is 1. The smallest absolute Gasteiger partial charge is 0.338 e. The molecular weight excluding hydrogens is 260 g/mol. The number of methoxy groups -OCH3 is 1. The number of aromatic hydroxyl groups is 1. The summed E-state index contributed by atoms with van der Waals surface area (Å²) in [6.07, 6.45) is 0. The minimum absolute atomic E-state index is 0. The first-order chi connectivity index (χ1) is 6.60. The van der Waals surface area contributed by atoms with E-state index in [1.54, 1.807) is 19.1 Å². The number of benzene rings is 1. The second-order valence-electron chi connectivity index (χ2n) is 2.91. The molecule has 0 aliphatic carbocycles. The predicted octanol–water partition coefficient (Wildman–Crippen LogP) is 3.02.